The van der Waals surface area contributed by atoms with Gasteiger partial charge in [0.15, 0.2) is 0 Å². The molecule has 0 unspecified atom stereocenters. The van der Waals surface area contributed by atoms with Crippen LogP contribution in [0.4, 0.5) is 5.69 Å². The van der Waals surface area contributed by atoms with Crippen molar-refractivity contribution in [2.24, 2.45) is 0 Å². The number of fused-ring (bicyclic) bond motifs is 1. The smallest absolute Gasteiger partial charge is 0.312 e. The van der Waals surface area contributed by atoms with Crippen LogP contribution >= 0.6 is 0 Å². The second-order valence-electron chi connectivity index (χ2n) is 5.39. The molecular weight excluding hydrogens is 330 g/mol. The Labute approximate surface area is 140 Å². The van der Waals surface area contributed by atoms with Gasteiger partial charge in [-0.3, -0.25) is 9.10 Å². The average molecular weight is 347 g/mol. The van der Waals surface area contributed by atoms with Crippen LogP contribution in [0.1, 0.15) is 18.4 Å². The van der Waals surface area contributed by atoms with Gasteiger partial charge in [0.05, 0.1) is 23.7 Å². The number of carboxylic acid groups (broad SMARTS) is 1. The van der Waals surface area contributed by atoms with Gasteiger partial charge in [0.1, 0.15) is 11.7 Å². The summed E-state index contributed by atoms with van der Waals surface area (Å²) >= 11 is 0. The standard InChI is InChI=1S/C17H17NO5S/c1-2-23-12-7-9-13(10-8-12)24(21,22)18-11-15(17(19)20)14-5-3-4-6-16(14)18/h3-10,15H,2,11H2,1H3,(H,19,20)/t15-/m1/s1. The molecule has 0 aliphatic carbocycles. The molecule has 2 aromatic rings. The third kappa shape index (κ3) is 2.71. The Morgan fingerprint density at radius 3 is 2.50 bits per heavy atom. The first-order chi connectivity index (χ1) is 11.4. The number of anilines is 1. The highest BCUT2D eigenvalue weighted by Crippen LogP contribution is 2.39. The van der Waals surface area contributed by atoms with Gasteiger partial charge in [-0.25, -0.2) is 8.42 Å². The Morgan fingerprint density at radius 2 is 1.88 bits per heavy atom. The molecular formula is C17H17NO5S. The summed E-state index contributed by atoms with van der Waals surface area (Å²) in [7, 11) is -3.84. The molecule has 24 heavy (non-hydrogen) atoms. The number of sulfonamides is 1. The maximum atomic E-state index is 12.9. The minimum Gasteiger partial charge on any atom is -0.494 e. The molecule has 1 heterocycles. The topological polar surface area (TPSA) is 83.9 Å². The number of carboxylic acids is 1. The number of benzene rings is 2. The largest absolute Gasteiger partial charge is 0.494 e. The summed E-state index contributed by atoms with van der Waals surface area (Å²) in [5.74, 6) is -1.31. The fourth-order valence-electron chi connectivity index (χ4n) is 2.81. The van der Waals surface area contributed by atoms with Gasteiger partial charge in [-0.2, -0.15) is 0 Å². The van der Waals surface area contributed by atoms with E-state index in [-0.39, 0.29) is 11.4 Å². The first-order valence-corrected chi connectivity index (χ1v) is 8.96. The Morgan fingerprint density at radius 1 is 1.21 bits per heavy atom. The van der Waals surface area contributed by atoms with Gasteiger partial charge in [-0.1, -0.05) is 18.2 Å². The van der Waals surface area contributed by atoms with E-state index in [0.29, 0.717) is 23.6 Å². The third-order valence-electron chi connectivity index (χ3n) is 3.95. The summed E-state index contributed by atoms with van der Waals surface area (Å²) in [6.45, 7) is 2.23. The second kappa shape index (κ2) is 6.16. The number of rotatable bonds is 5. The van der Waals surface area contributed by atoms with Crippen molar-refractivity contribution in [2.45, 2.75) is 17.7 Å². The molecule has 0 radical (unpaired) electrons. The minimum absolute atomic E-state index is 0.104. The fraction of sp³-hybridized carbons (Fsp3) is 0.235. The minimum atomic E-state index is -3.84. The summed E-state index contributed by atoms with van der Waals surface area (Å²) in [5, 5.41) is 9.37. The maximum Gasteiger partial charge on any atom is 0.312 e. The van der Waals surface area contributed by atoms with Crippen molar-refractivity contribution in [2.75, 3.05) is 17.5 Å². The molecule has 0 amide bonds. The maximum absolute atomic E-state index is 12.9. The molecule has 0 spiro atoms. The number of ether oxygens (including phenoxy) is 1. The normalized spacial score (nSPS) is 16.7. The molecule has 6 nitrogen and oxygen atoms in total. The number of carbonyl (C=O) groups is 1. The molecule has 1 aliphatic rings. The van der Waals surface area contributed by atoms with Crippen LogP contribution in [0.2, 0.25) is 0 Å². The molecule has 1 N–H and O–H groups in total. The van der Waals surface area contributed by atoms with E-state index in [1.54, 1.807) is 36.4 Å². The highest BCUT2D eigenvalue weighted by atomic mass is 32.2. The number of hydrogen-bond donors (Lipinski definition) is 1. The van der Waals surface area contributed by atoms with E-state index in [0.717, 1.165) is 4.31 Å². The lowest BCUT2D eigenvalue weighted by atomic mass is 10.0. The van der Waals surface area contributed by atoms with Gasteiger partial charge < -0.3 is 9.84 Å². The molecule has 1 atom stereocenters. The van der Waals surface area contributed by atoms with Crippen molar-refractivity contribution in [1.82, 2.24) is 0 Å². The molecule has 1 aliphatic heterocycles. The van der Waals surface area contributed by atoms with Crippen LogP contribution in [0.5, 0.6) is 5.75 Å². The fourth-order valence-corrected chi connectivity index (χ4v) is 4.32. The molecule has 3 rings (SSSR count). The zero-order chi connectivity index (χ0) is 17.3. The number of nitrogens with zero attached hydrogens (tertiary/aromatic N) is 1. The first-order valence-electron chi connectivity index (χ1n) is 7.52. The van der Waals surface area contributed by atoms with E-state index < -0.39 is 21.9 Å². The molecule has 0 saturated carbocycles. The number of aliphatic carboxylic acids is 1. The van der Waals surface area contributed by atoms with Gasteiger partial charge >= 0.3 is 5.97 Å². The van der Waals surface area contributed by atoms with Crippen LogP contribution in [0.3, 0.4) is 0 Å². The van der Waals surface area contributed by atoms with Gasteiger partial charge in [0.2, 0.25) is 0 Å². The van der Waals surface area contributed by atoms with E-state index in [2.05, 4.69) is 0 Å². The van der Waals surface area contributed by atoms with Crippen LogP contribution in [0.15, 0.2) is 53.4 Å². The van der Waals surface area contributed by atoms with Crippen molar-refractivity contribution in [3.05, 3.63) is 54.1 Å². The summed E-state index contributed by atoms with van der Waals surface area (Å²) in [6.07, 6.45) is 0. The molecule has 0 bridgehead atoms. The summed E-state index contributed by atoms with van der Waals surface area (Å²) in [6, 6.07) is 12.8. The first kappa shape index (κ1) is 16.3. The van der Waals surface area contributed by atoms with Crippen molar-refractivity contribution in [3.63, 3.8) is 0 Å². The Balaban J connectivity index is 2.00. The quantitative estimate of drug-likeness (QED) is 0.898. The number of hydrogen-bond acceptors (Lipinski definition) is 4. The second-order valence-corrected chi connectivity index (χ2v) is 7.25. The Hall–Kier alpha value is -2.54. The lowest BCUT2D eigenvalue weighted by Gasteiger charge is -2.20. The lowest BCUT2D eigenvalue weighted by molar-refractivity contribution is -0.138. The molecule has 126 valence electrons. The zero-order valence-corrected chi connectivity index (χ0v) is 13.9. The van der Waals surface area contributed by atoms with Crippen LogP contribution in [0.25, 0.3) is 0 Å². The number of para-hydroxylation sites is 1. The molecule has 0 aromatic heterocycles. The van der Waals surface area contributed by atoms with E-state index >= 15 is 0 Å². The average Bonchev–Trinajstić information content (AvgIpc) is 2.96. The lowest BCUT2D eigenvalue weighted by Crippen LogP contribution is -2.31. The van der Waals surface area contributed by atoms with E-state index in [1.165, 1.54) is 12.1 Å². The summed E-state index contributed by atoms with van der Waals surface area (Å²) in [4.78, 5) is 11.6. The van der Waals surface area contributed by atoms with Crippen LogP contribution in [-0.4, -0.2) is 32.6 Å². The predicted octanol–water partition coefficient (Wildman–Crippen LogP) is 2.46. The monoisotopic (exact) mass is 347 g/mol. The molecule has 2 aromatic carbocycles. The van der Waals surface area contributed by atoms with Crippen molar-refractivity contribution in [1.29, 1.82) is 0 Å². The van der Waals surface area contributed by atoms with Gasteiger partial charge in [-0.05, 0) is 42.8 Å². The van der Waals surface area contributed by atoms with E-state index in [1.807, 2.05) is 6.92 Å². The van der Waals surface area contributed by atoms with Crippen molar-refractivity contribution < 1.29 is 23.1 Å². The van der Waals surface area contributed by atoms with Gasteiger partial charge in [0.25, 0.3) is 10.0 Å². The van der Waals surface area contributed by atoms with Crippen LogP contribution < -0.4 is 9.04 Å². The van der Waals surface area contributed by atoms with Crippen molar-refractivity contribution in [3.8, 4) is 5.75 Å². The third-order valence-corrected chi connectivity index (χ3v) is 5.74. The Kier molecular flexibility index (Phi) is 4.19. The highest BCUT2D eigenvalue weighted by molar-refractivity contribution is 7.92. The van der Waals surface area contributed by atoms with E-state index in [4.69, 9.17) is 4.74 Å². The molecule has 7 heteroatoms. The zero-order valence-electron chi connectivity index (χ0n) is 13.0. The van der Waals surface area contributed by atoms with Crippen LogP contribution in [-0.2, 0) is 14.8 Å². The predicted molar refractivity (Wildman–Crippen MR) is 89.0 cm³/mol. The van der Waals surface area contributed by atoms with Crippen molar-refractivity contribution >= 4 is 21.7 Å². The summed E-state index contributed by atoms with van der Waals surface area (Å²) in [5.41, 5.74) is 0.929. The van der Waals surface area contributed by atoms with Crippen LogP contribution in [0, 0.1) is 0 Å². The molecule has 0 fully saturated rings. The van der Waals surface area contributed by atoms with Gasteiger partial charge in [0, 0.05) is 0 Å². The molecule has 0 saturated heterocycles. The summed E-state index contributed by atoms with van der Waals surface area (Å²) < 4.78 is 32.3. The van der Waals surface area contributed by atoms with E-state index in [9.17, 15) is 18.3 Å². The SMILES string of the molecule is CCOc1ccc(S(=O)(=O)N2C[C@@H](C(=O)O)c3ccccc32)cc1. The Bertz CT molecular complexity index is 861. The highest BCUT2D eigenvalue weighted by Gasteiger charge is 2.39. The van der Waals surface area contributed by atoms with Gasteiger partial charge in [-0.15, -0.1) is 0 Å².